The Kier molecular flexibility index (Phi) is 5.78. The number of aromatic amines is 1. The lowest BCUT2D eigenvalue weighted by molar-refractivity contribution is 0.122. The van der Waals surface area contributed by atoms with E-state index in [1.54, 1.807) is 6.07 Å². The number of aromatic nitrogens is 4. The van der Waals surface area contributed by atoms with E-state index in [2.05, 4.69) is 30.4 Å². The molecule has 2 N–H and O–H groups in total. The van der Waals surface area contributed by atoms with Gasteiger partial charge in [0.2, 0.25) is 0 Å². The number of morpholine rings is 1. The second kappa shape index (κ2) is 9.03. The van der Waals surface area contributed by atoms with Crippen LogP contribution in [0.25, 0.3) is 12.2 Å². The SMILES string of the molecule is C/C=C/c1cc(Nc2cc(N3CCOCC3)nc(Oc3ccc4c(c3F)C=C(C)C4)n2)n[nH]1. The third-order valence-electron chi connectivity index (χ3n) is 5.52. The van der Waals surface area contributed by atoms with Crippen LogP contribution in [0.4, 0.5) is 21.8 Å². The molecule has 1 aliphatic carbocycles. The van der Waals surface area contributed by atoms with Crippen molar-refractivity contribution < 1.29 is 13.9 Å². The molecular formula is C24H25FN6O2. The Labute approximate surface area is 191 Å². The Hall–Kier alpha value is -3.72. The highest BCUT2D eigenvalue weighted by atomic mass is 19.1. The summed E-state index contributed by atoms with van der Waals surface area (Å²) in [5, 5.41) is 10.4. The van der Waals surface area contributed by atoms with E-state index in [0.29, 0.717) is 49.3 Å². The number of nitrogens with one attached hydrogen (secondary N) is 2. The second-order valence-electron chi connectivity index (χ2n) is 8.05. The molecule has 0 saturated carbocycles. The van der Waals surface area contributed by atoms with Crippen molar-refractivity contribution in [3.8, 4) is 11.8 Å². The van der Waals surface area contributed by atoms with Crippen molar-refractivity contribution in [3.05, 3.63) is 58.6 Å². The fourth-order valence-corrected chi connectivity index (χ4v) is 3.97. The molecule has 1 saturated heterocycles. The van der Waals surface area contributed by atoms with Gasteiger partial charge in [-0.05, 0) is 38.0 Å². The number of anilines is 3. The van der Waals surface area contributed by atoms with Crippen molar-refractivity contribution in [1.82, 2.24) is 20.2 Å². The van der Waals surface area contributed by atoms with Gasteiger partial charge in [0.05, 0.1) is 18.9 Å². The molecule has 1 fully saturated rings. The lowest BCUT2D eigenvalue weighted by atomic mass is 10.1. The van der Waals surface area contributed by atoms with Gasteiger partial charge >= 0.3 is 6.01 Å². The van der Waals surface area contributed by atoms with Crippen LogP contribution < -0.4 is 15.0 Å². The van der Waals surface area contributed by atoms with Crippen LogP contribution in [0.3, 0.4) is 0 Å². The summed E-state index contributed by atoms with van der Waals surface area (Å²) in [4.78, 5) is 11.1. The first-order chi connectivity index (χ1) is 16.1. The van der Waals surface area contributed by atoms with Gasteiger partial charge in [-0.1, -0.05) is 23.8 Å². The summed E-state index contributed by atoms with van der Waals surface area (Å²) >= 11 is 0. The van der Waals surface area contributed by atoms with Crippen LogP contribution >= 0.6 is 0 Å². The molecule has 8 nitrogen and oxygen atoms in total. The van der Waals surface area contributed by atoms with E-state index >= 15 is 4.39 Å². The maximum Gasteiger partial charge on any atom is 0.326 e. The van der Waals surface area contributed by atoms with Gasteiger partial charge < -0.3 is 19.7 Å². The number of halogens is 1. The van der Waals surface area contributed by atoms with E-state index in [-0.39, 0.29) is 11.8 Å². The Bertz CT molecular complexity index is 1230. The number of hydrogen-bond acceptors (Lipinski definition) is 7. The number of benzene rings is 1. The first-order valence-corrected chi connectivity index (χ1v) is 10.9. The third-order valence-corrected chi connectivity index (χ3v) is 5.52. The minimum atomic E-state index is -0.400. The highest BCUT2D eigenvalue weighted by Crippen LogP contribution is 2.34. The van der Waals surface area contributed by atoms with Gasteiger partial charge in [0.15, 0.2) is 17.4 Å². The zero-order valence-corrected chi connectivity index (χ0v) is 18.6. The average molecular weight is 449 g/mol. The highest BCUT2D eigenvalue weighted by molar-refractivity contribution is 5.66. The summed E-state index contributed by atoms with van der Waals surface area (Å²) in [7, 11) is 0. The topological polar surface area (TPSA) is 88.2 Å². The van der Waals surface area contributed by atoms with Gasteiger partial charge in [-0.2, -0.15) is 15.1 Å². The maximum absolute atomic E-state index is 15.1. The number of H-pyrrole nitrogens is 1. The normalized spacial score (nSPS) is 15.6. The first-order valence-electron chi connectivity index (χ1n) is 10.9. The molecule has 0 radical (unpaired) electrons. The maximum atomic E-state index is 15.1. The van der Waals surface area contributed by atoms with E-state index in [9.17, 15) is 0 Å². The number of nitrogens with zero attached hydrogens (tertiary/aromatic N) is 4. The Balaban J connectivity index is 1.47. The summed E-state index contributed by atoms with van der Waals surface area (Å²) in [6, 6.07) is 7.27. The molecule has 3 heterocycles. The molecule has 170 valence electrons. The minimum Gasteiger partial charge on any atom is -0.421 e. The Morgan fingerprint density at radius 1 is 1.18 bits per heavy atom. The van der Waals surface area contributed by atoms with Crippen molar-refractivity contribution in [3.63, 3.8) is 0 Å². The molecule has 0 bridgehead atoms. The van der Waals surface area contributed by atoms with E-state index in [1.807, 2.05) is 50.3 Å². The lowest BCUT2D eigenvalue weighted by Crippen LogP contribution is -2.36. The minimum absolute atomic E-state index is 0.0586. The molecule has 2 aliphatic rings. The van der Waals surface area contributed by atoms with Crippen molar-refractivity contribution in [2.24, 2.45) is 0 Å². The van der Waals surface area contributed by atoms with Gasteiger partial charge in [-0.3, -0.25) is 5.10 Å². The molecule has 33 heavy (non-hydrogen) atoms. The van der Waals surface area contributed by atoms with Gasteiger partial charge in [0.1, 0.15) is 11.6 Å². The van der Waals surface area contributed by atoms with Crippen molar-refractivity contribution >= 4 is 29.6 Å². The zero-order valence-electron chi connectivity index (χ0n) is 18.6. The van der Waals surface area contributed by atoms with Crippen LogP contribution in [-0.2, 0) is 11.2 Å². The monoisotopic (exact) mass is 448 g/mol. The zero-order chi connectivity index (χ0) is 22.8. The summed E-state index contributed by atoms with van der Waals surface area (Å²) in [5.74, 6) is 1.47. The number of allylic oxidation sites excluding steroid dienone is 2. The molecule has 0 amide bonds. The molecule has 1 aliphatic heterocycles. The molecule has 0 spiro atoms. The number of hydrogen-bond donors (Lipinski definition) is 2. The molecular weight excluding hydrogens is 423 g/mol. The molecule has 3 aromatic rings. The van der Waals surface area contributed by atoms with E-state index in [4.69, 9.17) is 9.47 Å². The fraction of sp³-hybridized carbons (Fsp3) is 0.292. The van der Waals surface area contributed by atoms with E-state index < -0.39 is 5.82 Å². The summed E-state index contributed by atoms with van der Waals surface area (Å²) in [6.07, 6.45) is 6.45. The van der Waals surface area contributed by atoms with Crippen LogP contribution in [0.1, 0.15) is 30.7 Å². The largest absolute Gasteiger partial charge is 0.421 e. The number of ether oxygens (including phenoxy) is 2. The van der Waals surface area contributed by atoms with Crippen molar-refractivity contribution in [1.29, 1.82) is 0 Å². The smallest absolute Gasteiger partial charge is 0.326 e. The summed E-state index contributed by atoms with van der Waals surface area (Å²) in [5.41, 5.74) is 3.51. The quantitative estimate of drug-likeness (QED) is 0.565. The van der Waals surface area contributed by atoms with Crippen LogP contribution in [0, 0.1) is 5.82 Å². The van der Waals surface area contributed by atoms with Crippen molar-refractivity contribution in [2.45, 2.75) is 20.3 Å². The molecule has 0 unspecified atom stereocenters. The number of fused-ring (bicyclic) bond motifs is 1. The number of rotatable bonds is 6. The molecule has 2 aromatic heterocycles. The van der Waals surface area contributed by atoms with Crippen LogP contribution in [-0.4, -0.2) is 46.5 Å². The average Bonchev–Trinajstić information content (AvgIpc) is 3.42. The molecule has 0 atom stereocenters. The standard InChI is InChI=1S/C24H25FN6O2/c1-3-4-17-13-21(30-29-17)26-20-14-22(31-7-9-32-10-8-31)28-24(27-20)33-19-6-5-16-11-15(2)12-18(16)23(19)25/h3-6,12-14H,7-11H2,1-2H3,(H2,26,27,28,29,30)/b4-3+. The fourth-order valence-electron chi connectivity index (χ4n) is 3.97. The lowest BCUT2D eigenvalue weighted by Gasteiger charge is -2.28. The van der Waals surface area contributed by atoms with Crippen LogP contribution in [0.5, 0.6) is 11.8 Å². The van der Waals surface area contributed by atoms with Crippen LogP contribution in [0.2, 0.25) is 0 Å². The van der Waals surface area contributed by atoms with Gasteiger partial charge in [-0.25, -0.2) is 4.39 Å². The molecule has 1 aromatic carbocycles. The Morgan fingerprint density at radius 2 is 2.03 bits per heavy atom. The predicted octanol–water partition coefficient (Wildman–Crippen LogP) is 4.70. The third kappa shape index (κ3) is 4.58. The Morgan fingerprint density at radius 3 is 2.85 bits per heavy atom. The molecule has 9 heteroatoms. The van der Waals surface area contributed by atoms with E-state index in [1.165, 1.54) is 0 Å². The van der Waals surface area contributed by atoms with Gasteiger partial charge in [0, 0.05) is 30.8 Å². The highest BCUT2D eigenvalue weighted by Gasteiger charge is 2.21. The second-order valence-corrected chi connectivity index (χ2v) is 8.05. The molecule has 5 rings (SSSR count). The predicted molar refractivity (Wildman–Crippen MR) is 125 cm³/mol. The first kappa shape index (κ1) is 21.1. The van der Waals surface area contributed by atoms with Crippen LogP contribution in [0.15, 0.2) is 35.9 Å². The summed E-state index contributed by atoms with van der Waals surface area (Å²) < 4.78 is 26.4. The van der Waals surface area contributed by atoms with Crippen molar-refractivity contribution in [2.75, 3.05) is 36.5 Å². The van der Waals surface area contributed by atoms with E-state index in [0.717, 1.165) is 23.3 Å². The summed E-state index contributed by atoms with van der Waals surface area (Å²) in [6.45, 7) is 6.54. The van der Waals surface area contributed by atoms with Gasteiger partial charge in [0.25, 0.3) is 0 Å². The van der Waals surface area contributed by atoms with Gasteiger partial charge in [-0.15, -0.1) is 0 Å².